The van der Waals surface area contributed by atoms with Crippen molar-refractivity contribution in [1.82, 2.24) is 5.32 Å². The summed E-state index contributed by atoms with van der Waals surface area (Å²) in [5.41, 5.74) is -0.594. The van der Waals surface area contributed by atoms with E-state index in [-0.39, 0.29) is 19.1 Å². The Bertz CT molecular complexity index is 295. The number of hydrogen-bond acceptors (Lipinski definition) is 4. The number of rotatable bonds is 5. The minimum Gasteiger partial charge on any atom is -0.472 e. The van der Waals surface area contributed by atoms with Crippen LogP contribution in [0.15, 0.2) is 23.0 Å². The van der Waals surface area contributed by atoms with Gasteiger partial charge in [0.2, 0.25) is 0 Å². The zero-order chi connectivity index (χ0) is 11.3. The van der Waals surface area contributed by atoms with Crippen LogP contribution in [0.2, 0.25) is 0 Å². The van der Waals surface area contributed by atoms with E-state index in [0.717, 1.165) is 0 Å². The van der Waals surface area contributed by atoms with Crippen molar-refractivity contribution >= 4 is 5.91 Å². The van der Waals surface area contributed by atoms with E-state index in [0.29, 0.717) is 12.0 Å². The van der Waals surface area contributed by atoms with Gasteiger partial charge in [0.25, 0.3) is 5.91 Å². The summed E-state index contributed by atoms with van der Waals surface area (Å²) in [7, 11) is 0. The van der Waals surface area contributed by atoms with Crippen LogP contribution in [0.1, 0.15) is 23.7 Å². The SMILES string of the molecule is CCC(CO)(CO)NC(=O)c1ccoc1. The summed E-state index contributed by atoms with van der Waals surface area (Å²) in [5, 5.41) is 20.8. The molecule has 0 saturated carbocycles. The average molecular weight is 213 g/mol. The molecule has 15 heavy (non-hydrogen) atoms. The van der Waals surface area contributed by atoms with Gasteiger partial charge in [-0.2, -0.15) is 0 Å². The van der Waals surface area contributed by atoms with Gasteiger partial charge in [-0.05, 0) is 12.5 Å². The Morgan fingerprint density at radius 3 is 2.60 bits per heavy atom. The second-order valence-corrected chi connectivity index (χ2v) is 3.42. The molecular weight excluding hydrogens is 198 g/mol. The highest BCUT2D eigenvalue weighted by Crippen LogP contribution is 2.10. The highest BCUT2D eigenvalue weighted by Gasteiger charge is 2.29. The van der Waals surface area contributed by atoms with Crippen molar-refractivity contribution in [3.05, 3.63) is 24.2 Å². The lowest BCUT2D eigenvalue weighted by Crippen LogP contribution is -2.53. The monoisotopic (exact) mass is 213 g/mol. The van der Waals surface area contributed by atoms with E-state index in [1.165, 1.54) is 18.6 Å². The summed E-state index contributed by atoms with van der Waals surface area (Å²) in [5.74, 6) is -0.367. The molecule has 5 nitrogen and oxygen atoms in total. The maximum Gasteiger partial charge on any atom is 0.255 e. The number of furan rings is 1. The molecule has 0 radical (unpaired) electrons. The van der Waals surface area contributed by atoms with Crippen LogP contribution >= 0.6 is 0 Å². The van der Waals surface area contributed by atoms with Crippen molar-refractivity contribution in [1.29, 1.82) is 0 Å². The minimum absolute atomic E-state index is 0.302. The largest absolute Gasteiger partial charge is 0.472 e. The first-order valence-electron chi connectivity index (χ1n) is 4.74. The summed E-state index contributed by atoms with van der Waals surface area (Å²) in [6, 6.07) is 1.52. The molecule has 84 valence electrons. The fourth-order valence-electron chi connectivity index (χ4n) is 1.15. The molecule has 1 rings (SSSR count). The van der Waals surface area contributed by atoms with Crippen LogP contribution in [0.5, 0.6) is 0 Å². The topological polar surface area (TPSA) is 82.7 Å². The van der Waals surface area contributed by atoms with Gasteiger partial charge in [0.05, 0.1) is 30.6 Å². The molecule has 0 fully saturated rings. The van der Waals surface area contributed by atoms with Gasteiger partial charge < -0.3 is 19.9 Å². The third kappa shape index (κ3) is 2.57. The highest BCUT2D eigenvalue weighted by molar-refractivity contribution is 5.94. The fraction of sp³-hybridized carbons (Fsp3) is 0.500. The van der Waals surface area contributed by atoms with Crippen molar-refractivity contribution in [3.63, 3.8) is 0 Å². The quantitative estimate of drug-likeness (QED) is 0.650. The Labute approximate surface area is 87.7 Å². The normalized spacial score (nSPS) is 11.4. The van der Waals surface area contributed by atoms with Crippen LogP contribution in [-0.2, 0) is 0 Å². The lowest BCUT2D eigenvalue weighted by atomic mass is 9.98. The van der Waals surface area contributed by atoms with Gasteiger partial charge in [-0.1, -0.05) is 6.92 Å². The summed E-state index contributed by atoms with van der Waals surface area (Å²) < 4.78 is 4.77. The molecule has 1 aromatic rings. The lowest BCUT2D eigenvalue weighted by molar-refractivity contribution is 0.0652. The summed E-state index contributed by atoms with van der Waals surface area (Å²) in [6.45, 7) is 1.18. The molecule has 1 heterocycles. The third-order valence-corrected chi connectivity index (χ3v) is 2.44. The zero-order valence-electron chi connectivity index (χ0n) is 8.56. The molecule has 0 saturated heterocycles. The van der Waals surface area contributed by atoms with Gasteiger partial charge in [-0.25, -0.2) is 0 Å². The van der Waals surface area contributed by atoms with Crippen LogP contribution in [-0.4, -0.2) is 34.9 Å². The van der Waals surface area contributed by atoms with Gasteiger partial charge in [0.1, 0.15) is 6.26 Å². The average Bonchev–Trinajstić information content (AvgIpc) is 2.79. The number of aliphatic hydroxyl groups is 2. The highest BCUT2D eigenvalue weighted by atomic mass is 16.3. The molecule has 0 aliphatic heterocycles. The molecule has 0 bridgehead atoms. The molecule has 5 heteroatoms. The van der Waals surface area contributed by atoms with Crippen molar-refractivity contribution < 1.29 is 19.4 Å². The first kappa shape index (κ1) is 11.7. The van der Waals surface area contributed by atoms with Crippen molar-refractivity contribution in [2.24, 2.45) is 0 Å². The van der Waals surface area contributed by atoms with E-state index in [4.69, 9.17) is 14.6 Å². The number of hydrogen-bond donors (Lipinski definition) is 3. The van der Waals surface area contributed by atoms with E-state index >= 15 is 0 Å². The smallest absolute Gasteiger partial charge is 0.255 e. The second-order valence-electron chi connectivity index (χ2n) is 3.42. The molecule has 1 aromatic heterocycles. The molecule has 0 aliphatic rings. The maximum atomic E-state index is 11.6. The zero-order valence-corrected chi connectivity index (χ0v) is 8.56. The number of carbonyl (C=O) groups excluding carboxylic acids is 1. The first-order valence-corrected chi connectivity index (χ1v) is 4.74. The molecule has 0 aromatic carbocycles. The molecule has 0 aliphatic carbocycles. The number of nitrogens with one attached hydrogen (secondary N) is 1. The molecule has 1 amide bonds. The Morgan fingerprint density at radius 2 is 2.20 bits per heavy atom. The van der Waals surface area contributed by atoms with E-state index in [1.807, 2.05) is 0 Å². The van der Waals surface area contributed by atoms with Crippen LogP contribution in [0.25, 0.3) is 0 Å². The van der Waals surface area contributed by atoms with Crippen LogP contribution < -0.4 is 5.32 Å². The second kappa shape index (κ2) is 4.95. The molecular formula is C10H15NO4. The van der Waals surface area contributed by atoms with E-state index < -0.39 is 5.54 Å². The number of carbonyl (C=O) groups is 1. The Balaban J connectivity index is 2.71. The third-order valence-electron chi connectivity index (χ3n) is 2.44. The van der Waals surface area contributed by atoms with Crippen molar-refractivity contribution in [2.75, 3.05) is 13.2 Å². The van der Waals surface area contributed by atoms with Gasteiger partial charge >= 0.3 is 0 Å². The van der Waals surface area contributed by atoms with E-state index in [2.05, 4.69) is 5.32 Å². The van der Waals surface area contributed by atoms with Gasteiger partial charge in [-0.15, -0.1) is 0 Å². The van der Waals surface area contributed by atoms with Gasteiger partial charge in [0.15, 0.2) is 0 Å². The predicted molar refractivity (Wildman–Crippen MR) is 53.4 cm³/mol. The molecule has 3 N–H and O–H groups in total. The van der Waals surface area contributed by atoms with Gasteiger partial charge in [-0.3, -0.25) is 4.79 Å². The summed E-state index contributed by atoms with van der Waals surface area (Å²) in [6.07, 6.45) is 3.15. The van der Waals surface area contributed by atoms with E-state index in [9.17, 15) is 4.79 Å². The predicted octanol–water partition coefficient (Wildman–Crippen LogP) is 0.143. The Kier molecular flexibility index (Phi) is 3.88. The molecule has 0 unspecified atom stereocenters. The van der Waals surface area contributed by atoms with Gasteiger partial charge in [0, 0.05) is 0 Å². The van der Waals surface area contributed by atoms with Crippen LogP contribution in [0.4, 0.5) is 0 Å². The van der Waals surface area contributed by atoms with Crippen LogP contribution in [0, 0.1) is 0 Å². The standard InChI is InChI=1S/C10H15NO4/c1-2-10(6-12,7-13)11-9(14)8-3-4-15-5-8/h3-5,12-13H,2,6-7H2,1H3,(H,11,14). The number of amides is 1. The Hall–Kier alpha value is -1.33. The van der Waals surface area contributed by atoms with Crippen molar-refractivity contribution in [3.8, 4) is 0 Å². The number of aliphatic hydroxyl groups excluding tert-OH is 2. The minimum atomic E-state index is -0.964. The lowest BCUT2D eigenvalue weighted by Gasteiger charge is -2.29. The maximum absolute atomic E-state index is 11.6. The summed E-state index contributed by atoms with van der Waals surface area (Å²) >= 11 is 0. The summed E-state index contributed by atoms with van der Waals surface area (Å²) in [4.78, 5) is 11.6. The van der Waals surface area contributed by atoms with Crippen LogP contribution in [0.3, 0.4) is 0 Å². The van der Waals surface area contributed by atoms with E-state index in [1.54, 1.807) is 6.92 Å². The fourth-order valence-corrected chi connectivity index (χ4v) is 1.15. The first-order chi connectivity index (χ1) is 7.17. The Morgan fingerprint density at radius 1 is 1.53 bits per heavy atom. The molecule has 0 spiro atoms. The molecule has 0 atom stereocenters. The van der Waals surface area contributed by atoms with Crippen molar-refractivity contribution in [2.45, 2.75) is 18.9 Å².